The number of nitrogens with one attached hydrogen (secondary N) is 2. The van der Waals surface area contributed by atoms with Gasteiger partial charge in [0.2, 0.25) is 5.91 Å². The highest BCUT2D eigenvalue weighted by atomic mass is 16.1. The lowest BCUT2D eigenvalue weighted by molar-refractivity contribution is -0.118. The average Bonchev–Trinajstić information content (AvgIpc) is 3.33. The molecule has 0 radical (unpaired) electrons. The predicted octanol–water partition coefficient (Wildman–Crippen LogP) is 7.60. The third-order valence-electron chi connectivity index (χ3n) is 7.35. The summed E-state index contributed by atoms with van der Waals surface area (Å²) in [6, 6.07) is 13.1. The second-order valence-electron chi connectivity index (χ2n) is 10.0. The Kier molecular flexibility index (Phi) is 7.06. The molecule has 0 bridgehead atoms. The van der Waals surface area contributed by atoms with E-state index in [-0.39, 0.29) is 11.8 Å². The zero-order chi connectivity index (χ0) is 24.4. The Bertz CT molecular complexity index is 1140. The number of amides is 1. The van der Waals surface area contributed by atoms with Crippen LogP contribution in [0.15, 0.2) is 42.6 Å². The standard InChI is InChI=1S/C30H37N3O/c1-18(2)30(34)33-26-14-11-23(12-15-26)28-19(3)21(5)29(22(6)20(28)4)24-13-16-27(31-17-24)32-25-9-7-8-10-25/h11-18,25H,7-10H2,1-6H3,(H,31,32)(H,33,34). The normalized spacial score (nSPS) is 14.0. The highest BCUT2D eigenvalue weighted by Crippen LogP contribution is 2.39. The minimum absolute atomic E-state index is 0.0363. The molecule has 0 saturated heterocycles. The number of nitrogens with zero attached hydrogens (tertiary/aromatic N) is 1. The Labute approximate surface area is 204 Å². The maximum Gasteiger partial charge on any atom is 0.226 e. The lowest BCUT2D eigenvalue weighted by Crippen LogP contribution is -2.17. The van der Waals surface area contributed by atoms with E-state index in [1.165, 1.54) is 64.6 Å². The summed E-state index contributed by atoms with van der Waals surface area (Å²) in [5.41, 5.74) is 10.9. The Hall–Kier alpha value is -3.14. The molecule has 34 heavy (non-hydrogen) atoms. The first-order chi connectivity index (χ1) is 16.3. The maximum absolute atomic E-state index is 12.0. The van der Waals surface area contributed by atoms with Gasteiger partial charge in [-0.15, -0.1) is 0 Å². The van der Waals surface area contributed by atoms with Crippen LogP contribution in [-0.4, -0.2) is 16.9 Å². The summed E-state index contributed by atoms with van der Waals surface area (Å²) in [6.45, 7) is 12.6. The highest BCUT2D eigenvalue weighted by Gasteiger charge is 2.19. The van der Waals surface area contributed by atoms with E-state index in [0.29, 0.717) is 6.04 Å². The van der Waals surface area contributed by atoms with Gasteiger partial charge in [-0.25, -0.2) is 4.98 Å². The van der Waals surface area contributed by atoms with Crippen molar-refractivity contribution in [1.29, 1.82) is 0 Å². The molecule has 3 aromatic rings. The molecule has 1 aliphatic rings. The van der Waals surface area contributed by atoms with Crippen molar-refractivity contribution in [3.05, 3.63) is 64.8 Å². The van der Waals surface area contributed by atoms with Crippen LogP contribution in [0.4, 0.5) is 11.5 Å². The average molecular weight is 456 g/mol. The van der Waals surface area contributed by atoms with Crippen molar-refractivity contribution in [3.63, 3.8) is 0 Å². The number of hydrogen-bond donors (Lipinski definition) is 2. The molecule has 0 spiro atoms. The maximum atomic E-state index is 12.0. The molecule has 2 N–H and O–H groups in total. The van der Waals surface area contributed by atoms with Gasteiger partial charge < -0.3 is 10.6 Å². The molecule has 1 aliphatic carbocycles. The molecule has 178 valence electrons. The molecular weight excluding hydrogens is 418 g/mol. The van der Waals surface area contributed by atoms with Crippen LogP contribution in [0.1, 0.15) is 61.8 Å². The molecule has 1 heterocycles. The van der Waals surface area contributed by atoms with E-state index in [2.05, 4.69) is 62.6 Å². The molecule has 0 atom stereocenters. The van der Waals surface area contributed by atoms with E-state index >= 15 is 0 Å². The second-order valence-corrected chi connectivity index (χ2v) is 10.0. The smallest absolute Gasteiger partial charge is 0.226 e. The first-order valence-corrected chi connectivity index (χ1v) is 12.5. The van der Waals surface area contributed by atoms with Gasteiger partial charge in [-0.3, -0.25) is 4.79 Å². The molecule has 2 aromatic carbocycles. The number of hydrogen-bond acceptors (Lipinski definition) is 3. The lowest BCUT2D eigenvalue weighted by Gasteiger charge is -2.21. The summed E-state index contributed by atoms with van der Waals surface area (Å²) >= 11 is 0. The number of carbonyl (C=O) groups excluding carboxylic acids is 1. The van der Waals surface area contributed by atoms with Gasteiger partial charge in [0.1, 0.15) is 5.82 Å². The molecule has 4 nitrogen and oxygen atoms in total. The Balaban J connectivity index is 1.63. The van der Waals surface area contributed by atoms with Crippen LogP contribution in [0.3, 0.4) is 0 Å². The lowest BCUT2D eigenvalue weighted by atomic mass is 9.84. The molecule has 4 heteroatoms. The van der Waals surface area contributed by atoms with Crippen LogP contribution in [0, 0.1) is 33.6 Å². The molecule has 1 amide bonds. The third-order valence-corrected chi connectivity index (χ3v) is 7.35. The van der Waals surface area contributed by atoms with E-state index < -0.39 is 0 Å². The number of benzene rings is 2. The largest absolute Gasteiger partial charge is 0.367 e. The minimum atomic E-state index is -0.0379. The highest BCUT2D eigenvalue weighted by molar-refractivity contribution is 5.92. The molecule has 1 aromatic heterocycles. The van der Waals surface area contributed by atoms with Crippen molar-refractivity contribution >= 4 is 17.4 Å². The van der Waals surface area contributed by atoms with E-state index in [0.717, 1.165) is 17.1 Å². The van der Waals surface area contributed by atoms with Gasteiger partial charge in [0, 0.05) is 29.4 Å². The fourth-order valence-corrected chi connectivity index (χ4v) is 5.09. The van der Waals surface area contributed by atoms with Crippen LogP contribution in [0.5, 0.6) is 0 Å². The molecular formula is C30H37N3O. The van der Waals surface area contributed by atoms with Gasteiger partial charge in [-0.2, -0.15) is 0 Å². The van der Waals surface area contributed by atoms with E-state index in [9.17, 15) is 4.79 Å². The molecule has 1 fully saturated rings. The number of anilines is 2. The van der Waals surface area contributed by atoms with E-state index in [4.69, 9.17) is 4.98 Å². The van der Waals surface area contributed by atoms with Crippen LogP contribution in [-0.2, 0) is 4.79 Å². The topological polar surface area (TPSA) is 54.0 Å². The van der Waals surface area contributed by atoms with Crippen LogP contribution in [0.25, 0.3) is 22.3 Å². The van der Waals surface area contributed by atoms with E-state index in [1.807, 2.05) is 32.2 Å². The van der Waals surface area contributed by atoms with Crippen molar-refractivity contribution < 1.29 is 4.79 Å². The van der Waals surface area contributed by atoms with Crippen molar-refractivity contribution in [2.45, 2.75) is 73.3 Å². The van der Waals surface area contributed by atoms with Crippen LogP contribution >= 0.6 is 0 Å². The number of rotatable bonds is 6. The summed E-state index contributed by atoms with van der Waals surface area (Å²) in [7, 11) is 0. The SMILES string of the molecule is Cc1c(C)c(-c2ccc(NC3CCCC3)nc2)c(C)c(C)c1-c1ccc(NC(=O)C(C)C)cc1. The van der Waals surface area contributed by atoms with E-state index in [1.54, 1.807) is 0 Å². The Morgan fingerprint density at radius 2 is 1.35 bits per heavy atom. The van der Waals surface area contributed by atoms with Crippen LogP contribution in [0.2, 0.25) is 0 Å². The minimum Gasteiger partial charge on any atom is -0.367 e. The van der Waals surface area contributed by atoms with Gasteiger partial charge in [-0.05, 0) is 104 Å². The third kappa shape index (κ3) is 4.86. The van der Waals surface area contributed by atoms with Crippen molar-refractivity contribution in [1.82, 2.24) is 4.98 Å². The summed E-state index contributed by atoms with van der Waals surface area (Å²) < 4.78 is 0. The molecule has 0 unspecified atom stereocenters. The second kappa shape index (κ2) is 10.0. The number of aromatic nitrogens is 1. The van der Waals surface area contributed by atoms with Gasteiger partial charge in [0.05, 0.1) is 0 Å². The zero-order valence-electron chi connectivity index (χ0n) is 21.4. The summed E-state index contributed by atoms with van der Waals surface area (Å²) in [6.07, 6.45) is 7.12. The van der Waals surface area contributed by atoms with Crippen molar-refractivity contribution in [2.24, 2.45) is 5.92 Å². The molecule has 4 rings (SSSR count). The first-order valence-electron chi connectivity index (χ1n) is 12.5. The first kappa shape index (κ1) is 24.0. The summed E-state index contributed by atoms with van der Waals surface area (Å²) in [5, 5.41) is 6.57. The van der Waals surface area contributed by atoms with Crippen molar-refractivity contribution in [3.8, 4) is 22.3 Å². The van der Waals surface area contributed by atoms with Crippen LogP contribution < -0.4 is 10.6 Å². The van der Waals surface area contributed by atoms with Gasteiger partial charge in [-0.1, -0.05) is 38.8 Å². The summed E-state index contributed by atoms with van der Waals surface area (Å²) in [5.74, 6) is 0.971. The molecule has 0 aliphatic heterocycles. The monoisotopic (exact) mass is 455 g/mol. The predicted molar refractivity (Wildman–Crippen MR) is 143 cm³/mol. The molecule has 1 saturated carbocycles. The van der Waals surface area contributed by atoms with Gasteiger partial charge >= 0.3 is 0 Å². The Morgan fingerprint density at radius 3 is 1.85 bits per heavy atom. The van der Waals surface area contributed by atoms with Gasteiger partial charge in [0.15, 0.2) is 0 Å². The fraction of sp³-hybridized carbons (Fsp3) is 0.400. The van der Waals surface area contributed by atoms with Gasteiger partial charge in [0.25, 0.3) is 0 Å². The zero-order valence-corrected chi connectivity index (χ0v) is 21.4. The number of pyridine rings is 1. The quantitative estimate of drug-likeness (QED) is 0.402. The van der Waals surface area contributed by atoms with Crippen molar-refractivity contribution in [2.75, 3.05) is 10.6 Å². The fourth-order valence-electron chi connectivity index (χ4n) is 5.09. The number of carbonyl (C=O) groups is 1. The Morgan fingerprint density at radius 1 is 0.824 bits per heavy atom. The summed E-state index contributed by atoms with van der Waals surface area (Å²) in [4.78, 5) is 16.8.